The van der Waals surface area contributed by atoms with Crippen LogP contribution in [0.2, 0.25) is 0 Å². The maximum Gasteiger partial charge on any atom is 0.261 e. The number of anilines is 1. The average molecular weight is 256 g/mol. The molecule has 1 atom stereocenters. The van der Waals surface area contributed by atoms with Crippen molar-refractivity contribution in [3.63, 3.8) is 0 Å². The molecule has 1 unspecified atom stereocenters. The topological polar surface area (TPSA) is 75.0 Å². The molecule has 1 aromatic carbocycles. The van der Waals surface area contributed by atoms with Crippen LogP contribution in [0.5, 0.6) is 0 Å². The van der Waals surface area contributed by atoms with Gasteiger partial charge in [-0.1, -0.05) is 18.2 Å². The molecular formula is C14H16N4O. The zero-order chi connectivity index (χ0) is 13.4. The van der Waals surface area contributed by atoms with E-state index in [1.807, 2.05) is 31.2 Å². The Morgan fingerprint density at radius 3 is 3.00 bits per heavy atom. The van der Waals surface area contributed by atoms with Gasteiger partial charge in [0.15, 0.2) is 0 Å². The molecule has 3 N–H and O–H groups in total. The van der Waals surface area contributed by atoms with E-state index in [0.29, 0.717) is 12.1 Å². The minimum atomic E-state index is -0.0226. The Morgan fingerprint density at radius 2 is 2.26 bits per heavy atom. The molecule has 0 aliphatic carbocycles. The highest BCUT2D eigenvalue weighted by Gasteiger charge is 2.28. The second-order valence-corrected chi connectivity index (χ2v) is 4.82. The van der Waals surface area contributed by atoms with Crippen LogP contribution in [0.4, 0.5) is 5.69 Å². The SMILES string of the molecule is Cc1[nH]ncc1C(=O)N1CCC(N)c2ccccc21. The van der Waals surface area contributed by atoms with Crippen molar-refractivity contribution in [2.75, 3.05) is 11.4 Å². The summed E-state index contributed by atoms with van der Waals surface area (Å²) in [5.41, 5.74) is 9.45. The van der Waals surface area contributed by atoms with Gasteiger partial charge in [-0.25, -0.2) is 0 Å². The molecule has 1 amide bonds. The molecule has 2 aromatic rings. The van der Waals surface area contributed by atoms with Gasteiger partial charge in [-0.05, 0) is 25.0 Å². The summed E-state index contributed by atoms with van der Waals surface area (Å²) in [7, 11) is 0. The molecule has 1 aliphatic heterocycles. The molecular weight excluding hydrogens is 240 g/mol. The van der Waals surface area contributed by atoms with Gasteiger partial charge >= 0.3 is 0 Å². The number of amides is 1. The molecule has 0 fully saturated rings. The Morgan fingerprint density at radius 1 is 1.47 bits per heavy atom. The average Bonchev–Trinajstić information content (AvgIpc) is 2.85. The molecule has 19 heavy (non-hydrogen) atoms. The van der Waals surface area contributed by atoms with E-state index >= 15 is 0 Å². The summed E-state index contributed by atoms with van der Waals surface area (Å²) < 4.78 is 0. The summed E-state index contributed by atoms with van der Waals surface area (Å²) in [6.07, 6.45) is 2.36. The monoisotopic (exact) mass is 256 g/mol. The lowest BCUT2D eigenvalue weighted by atomic mass is 9.96. The van der Waals surface area contributed by atoms with E-state index in [2.05, 4.69) is 10.2 Å². The molecule has 0 radical (unpaired) electrons. The number of benzene rings is 1. The number of hydrogen-bond acceptors (Lipinski definition) is 3. The van der Waals surface area contributed by atoms with E-state index in [4.69, 9.17) is 5.73 Å². The van der Waals surface area contributed by atoms with Gasteiger partial charge in [-0.3, -0.25) is 9.89 Å². The molecule has 0 saturated carbocycles. The van der Waals surface area contributed by atoms with E-state index in [1.165, 1.54) is 0 Å². The van der Waals surface area contributed by atoms with Gasteiger partial charge in [-0.15, -0.1) is 0 Å². The van der Waals surface area contributed by atoms with Gasteiger partial charge in [0.1, 0.15) is 0 Å². The van der Waals surface area contributed by atoms with Crippen LogP contribution in [0, 0.1) is 6.92 Å². The molecule has 5 heteroatoms. The molecule has 0 spiro atoms. The van der Waals surface area contributed by atoms with Crippen molar-refractivity contribution >= 4 is 11.6 Å². The van der Waals surface area contributed by atoms with Crippen LogP contribution >= 0.6 is 0 Å². The first kappa shape index (κ1) is 11.9. The Bertz CT molecular complexity index is 619. The van der Waals surface area contributed by atoms with Crippen LogP contribution in [0.1, 0.15) is 34.1 Å². The van der Waals surface area contributed by atoms with Gasteiger partial charge < -0.3 is 10.6 Å². The van der Waals surface area contributed by atoms with Crippen molar-refractivity contribution in [1.82, 2.24) is 10.2 Å². The molecule has 3 rings (SSSR count). The lowest BCUT2D eigenvalue weighted by Gasteiger charge is -2.32. The standard InChI is InChI=1S/C14H16N4O/c1-9-11(8-16-17-9)14(19)18-7-6-12(15)10-4-2-3-5-13(10)18/h2-5,8,12H,6-7,15H2,1H3,(H,16,17). The zero-order valence-corrected chi connectivity index (χ0v) is 10.8. The van der Waals surface area contributed by atoms with Crippen LogP contribution in [0.3, 0.4) is 0 Å². The van der Waals surface area contributed by atoms with Crippen LogP contribution < -0.4 is 10.6 Å². The molecule has 2 heterocycles. The molecule has 5 nitrogen and oxygen atoms in total. The summed E-state index contributed by atoms with van der Waals surface area (Å²) in [6, 6.07) is 7.82. The number of nitrogens with two attached hydrogens (primary N) is 1. The first-order valence-corrected chi connectivity index (χ1v) is 6.35. The smallest absolute Gasteiger partial charge is 0.261 e. The number of H-pyrrole nitrogens is 1. The summed E-state index contributed by atoms with van der Waals surface area (Å²) in [6.45, 7) is 2.49. The second kappa shape index (κ2) is 4.51. The quantitative estimate of drug-likeness (QED) is 0.816. The van der Waals surface area contributed by atoms with Crippen LogP contribution in [0.15, 0.2) is 30.5 Å². The summed E-state index contributed by atoms with van der Waals surface area (Å²) >= 11 is 0. The van der Waals surface area contributed by atoms with Crippen molar-refractivity contribution in [3.05, 3.63) is 47.3 Å². The van der Waals surface area contributed by atoms with Crippen molar-refractivity contribution < 1.29 is 4.79 Å². The summed E-state index contributed by atoms with van der Waals surface area (Å²) in [5, 5.41) is 6.71. The van der Waals surface area contributed by atoms with Crippen molar-refractivity contribution in [2.24, 2.45) is 5.73 Å². The number of rotatable bonds is 1. The Balaban J connectivity index is 2.01. The van der Waals surface area contributed by atoms with Crippen molar-refractivity contribution in [2.45, 2.75) is 19.4 Å². The van der Waals surface area contributed by atoms with Gasteiger partial charge in [0.05, 0.1) is 11.8 Å². The van der Waals surface area contributed by atoms with Crippen LogP contribution in [-0.4, -0.2) is 22.6 Å². The Hall–Kier alpha value is -2.14. The number of para-hydroxylation sites is 1. The minimum Gasteiger partial charge on any atom is -0.324 e. The van der Waals surface area contributed by atoms with E-state index in [9.17, 15) is 4.79 Å². The molecule has 0 bridgehead atoms. The number of carbonyl (C=O) groups is 1. The number of fused-ring (bicyclic) bond motifs is 1. The number of aromatic nitrogens is 2. The molecule has 1 aromatic heterocycles. The Kier molecular flexibility index (Phi) is 2.83. The first-order chi connectivity index (χ1) is 9.18. The number of nitrogens with zero attached hydrogens (tertiary/aromatic N) is 2. The highest BCUT2D eigenvalue weighted by atomic mass is 16.2. The lowest BCUT2D eigenvalue weighted by Crippen LogP contribution is -2.38. The number of carbonyl (C=O) groups excluding carboxylic acids is 1. The van der Waals surface area contributed by atoms with Gasteiger partial charge in [-0.2, -0.15) is 5.10 Å². The maximum atomic E-state index is 12.6. The van der Waals surface area contributed by atoms with Crippen LogP contribution in [0.25, 0.3) is 0 Å². The van der Waals surface area contributed by atoms with E-state index in [1.54, 1.807) is 11.1 Å². The highest BCUT2D eigenvalue weighted by Crippen LogP contribution is 2.33. The maximum absolute atomic E-state index is 12.6. The predicted octanol–water partition coefficient (Wildman–Crippen LogP) is 1.77. The number of hydrogen-bond donors (Lipinski definition) is 2. The molecule has 1 aliphatic rings. The third kappa shape index (κ3) is 1.92. The Labute approximate surface area is 111 Å². The fourth-order valence-corrected chi connectivity index (χ4v) is 2.51. The third-order valence-corrected chi connectivity index (χ3v) is 3.60. The lowest BCUT2D eigenvalue weighted by molar-refractivity contribution is 0.0983. The van der Waals surface area contributed by atoms with E-state index in [-0.39, 0.29) is 11.9 Å². The largest absolute Gasteiger partial charge is 0.324 e. The van der Waals surface area contributed by atoms with Gasteiger partial charge in [0, 0.05) is 24.0 Å². The first-order valence-electron chi connectivity index (χ1n) is 6.35. The summed E-state index contributed by atoms with van der Waals surface area (Å²) in [5.74, 6) is -0.0226. The van der Waals surface area contributed by atoms with Crippen molar-refractivity contribution in [1.29, 1.82) is 0 Å². The van der Waals surface area contributed by atoms with Crippen LogP contribution in [-0.2, 0) is 0 Å². The summed E-state index contributed by atoms with van der Waals surface area (Å²) in [4.78, 5) is 14.4. The van der Waals surface area contributed by atoms with Gasteiger partial charge in [0.25, 0.3) is 5.91 Å². The highest BCUT2D eigenvalue weighted by molar-refractivity contribution is 6.07. The normalized spacial score (nSPS) is 18.2. The fraction of sp³-hybridized carbons (Fsp3) is 0.286. The van der Waals surface area contributed by atoms with Crippen molar-refractivity contribution in [3.8, 4) is 0 Å². The zero-order valence-electron chi connectivity index (χ0n) is 10.8. The minimum absolute atomic E-state index is 0.00527. The fourth-order valence-electron chi connectivity index (χ4n) is 2.51. The van der Waals surface area contributed by atoms with Gasteiger partial charge in [0.2, 0.25) is 0 Å². The number of aryl methyl sites for hydroxylation is 1. The second-order valence-electron chi connectivity index (χ2n) is 4.82. The van der Waals surface area contributed by atoms with E-state index in [0.717, 1.165) is 23.4 Å². The van der Waals surface area contributed by atoms with E-state index < -0.39 is 0 Å². The molecule has 98 valence electrons. The number of aromatic amines is 1. The third-order valence-electron chi connectivity index (χ3n) is 3.60. The number of nitrogens with one attached hydrogen (secondary N) is 1. The predicted molar refractivity (Wildman–Crippen MR) is 73.0 cm³/mol. The molecule has 0 saturated heterocycles.